The highest BCUT2D eigenvalue weighted by Gasteiger charge is 2.37. The van der Waals surface area contributed by atoms with Crippen molar-refractivity contribution >= 4 is 14.5 Å². The fourth-order valence-corrected chi connectivity index (χ4v) is 12.2. The smallest absolute Gasteiger partial charge is 0.0725 e. The van der Waals surface area contributed by atoms with Crippen LogP contribution in [0.2, 0.25) is 0 Å². The quantitative estimate of drug-likeness (QED) is 0.166. The summed E-state index contributed by atoms with van der Waals surface area (Å²) in [5.41, 5.74) is 0. The highest BCUT2D eigenvalue weighted by molar-refractivity contribution is 7.76. The van der Waals surface area contributed by atoms with Crippen molar-refractivity contribution in [2.45, 2.75) is 64.2 Å². The molecule has 0 rings (SSSR count). The van der Waals surface area contributed by atoms with Gasteiger partial charge in [0.2, 0.25) is 0 Å². The zero-order chi connectivity index (χ0) is 24.0. The fourth-order valence-electron chi connectivity index (χ4n) is 4.31. The Morgan fingerprint density at radius 1 is 0.312 bits per heavy atom. The maximum Gasteiger partial charge on any atom is 0.0725 e. The third kappa shape index (κ3) is 13.3. The molecule has 0 unspecified atom stereocenters. The van der Waals surface area contributed by atoms with Crippen LogP contribution in [0.1, 0.15) is 64.2 Å². The molecule has 0 heterocycles. The van der Waals surface area contributed by atoms with E-state index in [1.54, 1.807) is 0 Å². The summed E-state index contributed by atoms with van der Waals surface area (Å²) in [6.07, 6.45) is 14.6. The van der Waals surface area contributed by atoms with Gasteiger partial charge in [-0.25, -0.2) is 0 Å². The van der Waals surface area contributed by atoms with Crippen molar-refractivity contribution in [3.63, 3.8) is 0 Å². The molecule has 170 valence electrons. The first-order valence-electron chi connectivity index (χ1n) is 11.5. The minimum Gasteiger partial charge on any atom is -0.198 e. The highest BCUT2D eigenvalue weighted by Crippen LogP contribution is 2.62. The molecule has 0 saturated carbocycles. The van der Waals surface area contributed by atoms with Crippen LogP contribution in [-0.4, -0.2) is 49.3 Å². The second-order valence-corrected chi connectivity index (χ2v) is 17.3. The van der Waals surface area contributed by atoms with Gasteiger partial charge in [-0.3, -0.25) is 0 Å². The third-order valence-corrected chi connectivity index (χ3v) is 15.8. The van der Waals surface area contributed by atoms with E-state index in [9.17, 15) is 0 Å². The Balaban J connectivity index is 4.85. The molecule has 0 aromatic carbocycles. The first kappa shape index (κ1) is 29.8. The fraction of sp³-hybridized carbons (Fsp3) is 0.750. The molecule has 0 N–H and O–H groups in total. The number of hydrogen-bond acceptors (Lipinski definition) is 6. The Bertz CT molecular complexity index is 612. The molecule has 0 aliphatic heterocycles. The SMILES string of the molecule is N#CCC[P+](CCC#N)(CCC#N)CCCCCC[P+](CCC#N)(CCC#N)CCC#N. The first-order valence-corrected chi connectivity index (χ1v) is 16.6. The van der Waals surface area contributed by atoms with Gasteiger partial charge in [0.05, 0.1) is 124 Å². The van der Waals surface area contributed by atoms with Gasteiger partial charge in [-0.1, -0.05) is 0 Å². The largest absolute Gasteiger partial charge is 0.198 e. The number of nitrogens with zero attached hydrogens (tertiary/aromatic N) is 6. The number of hydrogen-bond donors (Lipinski definition) is 0. The molecule has 6 nitrogen and oxygen atoms in total. The molecule has 0 fully saturated rings. The molecule has 0 aliphatic carbocycles. The standard InChI is InChI=1S/C24H36N6P2/c25-11-5-19-31(20-6-12-26,21-7-13-27)17-3-1-2-4-18-32(22-8-14-28,23-9-15-29)24-10-16-30/h1-10,17-24H2/q+2. The summed E-state index contributed by atoms with van der Waals surface area (Å²) in [6, 6.07) is 13.5. The third-order valence-electron chi connectivity index (χ3n) is 6.20. The molecule has 0 amide bonds. The molecule has 8 heteroatoms. The summed E-state index contributed by atoms with van der Waals surface area (Å²) >= 11 is 0. The summed E-state index contributed by atoms with van der Waals surface area (Å²) in [5.74, 6) is 0. The Labute approximate surface area is 196 Å². The van der Waals surface area contributed by atoms with Gasteiger partial charge < -0.3 is 0 Å². The predicted octanol–water partition coefficient (Wildman–Crippen LogP) is 6.06. The van der Waals surface area contributed by atoms with Crippen LogP contribution in [0.5, 0.6) is 0 Å². The van der Waals surface area contributed by atoms with Crippen LogP contribution in [0.25, 0.3) is 0 Å². The van der Waals surface area contributed by atoms with Crippen LogP contribution in [0.15, 0.2) is 0 Å². The molecule has 0 radical (unpaired) electrons. The molecule has 0 spiro atoms. The van der Waals surface area contributed by atoms with Crippen molar-refractivity contribution < 1.29 is 0 Å². The molecule has 0 aromatic rings. The molecular formula is C24H36N6P2+2. The van der Waals surface area contributed by atoms with Crippen LogP contribution in [-0.2, 0) is 0 Å². The number of rotatable bonds is 19. The molecular weight excluding hydrogens is 434 g/mol. The van der Waals surface area contributed by atoms with Gasteiger partial charge in [0.15, 0.2) is 0 Å². The van der Waals surface area contributed by atoms with E-state index in [1.807, 2.05) is 0 Å². The Morgan fingerprint density at radius 2 is 0.531 bits per heavy atom. The lowest BCUT2D eigenvalue weighted by molar-refractivity contribution is 0.702. The molecule has 0 bridgehead atoms. The van der Waals surface area contributed by atoms with Gasteiger partial charge in [0.25, 0.3) is 0 Å². The van der Waals surface area contributed by atoms with Crippen LogP contribution >= 0.6 is 14.5 Å². The van der Waals surface area contributed by atoms with Crippen LogP contribution in [0.3, 0.4) is 0 Å². The molecule has 0 aromatic heterocycles. The van der Waals surface area contributed by atoms with E-state index in [1.165, 1.54) is 0 Å². The Morgan fingerprint density at radius 3 is 0.719 bits per heavy atom. The predicted molar refractivity (Wildman–Crippen MR) is 133 cm³/mol. The van der Waals surface area contributed by atoms with Gasteiger partial charge >= 0.3 is 0 Å². The van der Waals surface area contributed by atoms with Gasteiger partial charge in [-0.2, -0.15) is 31.6 Å². The topological polar surface area (TPSA) is 143 Å². The summed E-state index contributed by atoms with van der Waals surface area (Å²) in [7, 11) is -2.88. The maximum absolute atomic E-state index is 9.06. The summed E-state index contributed by atoms with van der Waals surface area (Å²) < 4.78 is 0. The molecule has 0 saturated heterocycles. The van der Waals surface area contributed by atoms with Gasteiger partial charge in [0.1, 0.15) is 0 Å². The second kappa shape index (κ2) is 19.5. The zero-order valence-electron chi connectivity index (χ0n) is 19.3. The van der Waals surface area contributed by atoms with Crippen molar-refractivity contribution in [2.75, 3.05) is 49.3 Å². The monoisotopic (exact) mass is 470 g/mol. The number of unbranched alkanes of at least 4 members (excludes halogenated alkanes) is 3. The van der Waals surface area contributed by atoms with Crippen molar-refractivity contribution in [3.8, 4) is 36.4 Å². The van der Waals surface area contributed by atoms with Gasteiger partial charge in [-0.05, 0) is 25.7 Å². The summed E-state index contributed by atoms with van der Waals surface area (Å²) in [4.78, 5) is 0. The van der Waals surface area contributed by atoms with Crippen molar-refractivity contribution in [2.24, 2.45) is 0 Å². The van der Waals surface area contributed by atoms with E-state index in [0.29, 0.717) is 38.5 Å². The molecule has 32 heavy (non-hydrogen) atoms. The van der Waals surface area contributed by atoms with E-state index in [4.69, 9.17) is 31.6 Å². The van der Waals surface area contributed by atoms with E-state index >= 15 is 0 Å². The van der Waals surface area contributed by atoms with Gasteiger partial charge in [0, 0.05) is 14.5 Å². The Kier molecular flexibility index (Phi) is 18.1. The van der Waals surface area contributed by atoms with E-state index in [0.717, 1.165) is 75.0 Å². The molecule has 0 atom stereocenters. The normalized spacial score (nSPS) is 10.7. The van der Waals surface area contributed by atoms with Crippen molar-refractivity contribution in [1.29, 1.82) is 31.6 Å². The summed E-state index contributed by atoms with van der Waals surface area (Å²) in [5, 5.41) is 54.4. The number of nitriles is 6. The minimum atomic E-state index is -1.44. The van der Waals surface area contributed by atoms with Crippen LogP contribution < -0.4 is 0 Å². The highest BCUT2D eigenvalue weighted by atomic mass is 31.2. The molecule has 0 aliphatic rings. The average Bonchev–Trinajstić information content (AvgIpc) is 2.82. The average molecular weight is 471 g/mol. The van der Waals surface area contributed by atoms with Gasteiger partial charge in [-0.15, -0.1) is 0 Å². The summed E-state index contributed by atoms with van der Waals surface area (Å²) in [6.45, 7) is 0. The van der Waals surface area contributed by atoms with E-state index < -0.39 is 14.5 Å². The second-order valence-electron chi connectivity index (χ2n) is 8.34. The lowest BCUT2D eigenvalue weighted by Crippen LogP contribution is -2.13. The van der Waals surface area contributed by atoms with Crippen molar-refractivity contribution in [3.05, 3.63) is 0 Å². The lowest BCUT2D eigenvalue weighted by Gasteiger charge is -2.26. The maximum atomic E-state index is 9.06. The van der Waals surface area contributed by atoms with Crippen molar-refractivity contribution in [1.82, 2.24) is 0 Å². The van der Waals surface area contributed by atoms with Crippen LogP contribution in [0, 0.1) is 68.0 Å². The minimum absolute atomic E-state index is 0.508. The zero-order valence-corrected chi connectivity index (χ0v) is 21.1. The Hall–Kier alpha value is -2.20. The lowest BCUT2D eigenvalue weighted by atomic mass is 10.2. The van der Waals surface area contributed by atoms with E-state index in [-0.39, 0.29) is 0 Å². The first-order chi connectivity index (χ1) is 15.6. The van der Waals surface area contributed by atoms with E-state index in [2.05, 4.69) is 36.4 Å². The van der Waals surface area contributed by atoms with Crippen LogP contribution in [0.4, 0.5) is 0 Å².